The molecule has 2 rings (SSSR count). The molecule has 5 nitrogen and oxygen atoms in total. The zero-order valence-corrected chi connectivity index (χ0v) is 17.0. The quantitative estimate of drug-likeness (QED) is 0.431. The Morgan fingerprint density at radius 3 is 2.46 bits per heavy atom. The zero-order chi connectivity index (χ0) is 16.5. The van der Waals surface area contributed by atoms with Crippen LogP contribution in [0.2, 0.25) is 0 Å². The fraction of sp³-hybridized carbons (Fsp3) is 0.556. The molecule has 134 valence electrons. The molecule has 1 N–H and O–H groups in total. The van der Waals surface area contributed by atoms with Gasteiger partial charge in [-0.25, -0.2) is 4.99 Å². The van der Waals surface area contributed by atoms with Gasteiger partial charge in [0.2, 0.25) is 5.91 Å². The number of amides is 1. The predicted molar refractivity (Wildman–Crippen MR) is 110 cm³/mol. The first kappa shape index (κ1) is 20.7. The topological polar surface area (TPSA) is 47.9 Å². The lowest BCUT2D eigenvalue weighted by Gasteiger charge is -2.30. The summed E-state index contributed by atoms with van der Waals surface area (Å²) in [6.07, 6.45) is 4.63. The molecule has 1 aliphatic heterocycles. The molecule has 6 heteroatoms. The number of rotatable bonds is 5. The van der Waals surface area contributed by atoms with E-state index in [9.17, 15) is 4.79 Å². The number of nitrogens with one attached hydrogen (secondary N) is 1. The summed E-state index contributed by atoms with van der Waals surface area (Å²) >= 11 is 0. The molecular formula is C18H29IN4O. The van der Waals surface area contributed by atoms with E-state index >= 15 is 0 Å². The van der Waals surface area contributed by atoms with Crippen molar-refractivity contribution in [3.05, 3.63) is 35.9 Å². The van der Waals surface area contributed by atoms with Crippen LogP contribution in [0.25, 0.3) is 0 Å². The molecule has 1 saturated heterocycles. The van der Waals surface area contributed by atoms with Gasteiger partial charge < -0.3 is 15.1 Å². The SMILES string of the molecule is CN(C)C(=O)CN=C(NCCc1ccccc1)N1CCCCC1.I. The lowest BCUT2D eigenvalue weighted by atomic mass is 10.1. The van der Waals surface area contributed by atoms with Crippen molar-refractivity contribution in [3.8, 4) is 0 Å². The maximum Gasteiger partial charge on any atom is 0.243 e. The van der Waals surface area contributed by atoms with Crippen molar-refractivity contribution in [2.45, 2.75) is 25.7 Å². The molecule has 1 amide bonds. The number of halogens is 1. The molecule has 0 aliphatic carbocycles. The van der Waals surface area contributed by atoms with Gasteiger partial charge in [0.15, 0.2) is 5.96 Å². The van der Waals surface area contributed by atoms with Crippen molar-refractivity contribution < 1.29 is 4.79 Å². The number of aliphatic imine (C=N–C) groups is 1. The predicted octanol–water partition coefficient (Wildman–Crippen LogP) is 2.37. The minimum Gasteiger partial charge on any atom is -0.356 e. The second-order valence-corrected chi connectivity index (χ2v) is 6.14. The highest BCUT2D eigenvalue weighted by Gasteiger charge is 2.15. The van der Waals surface area contributed by atoms with Gasteiger partial charge in [0.1, 0.15) is 6.54 Å². The molecule has 0 radical (unpaired) electrons. The summed E-state index contributed by atoms with van der Waals surface area (Å²) in [5.74, 6) is 0.903. The van der Waals surface area contributed by atoms with Crippen LogP contribution in [0.1, 0.15) is 24.8 Å². The Hall–Kier alpha value is -1.31. The first-order valence-electron chi connectivity index (χ1n) is 8.44. The van der Waals surface area contributed by atoms with E-state index in [1.165, 1.54) is 24.8 Å². The van der Waals surface area contributed by atoms with E-state index in [1.807, 2.05) is 6.07 Å². The van der Waals surface area contributed by atoms with E-state index in [-0.39, 0.29) is 36.4 Å². The van der Waals surface area contributed by atoms with Crippen LogP contribution < -0.4 is 5.32 Å². The number of piperidine rings is 1. The van der Waals surface area contributed by atoms with Gasteiger partial charge >= 0.3 is 0 Å². The standard InChI is InChI=1S/C18H28N4O.HI/c1-21(2)17(23)15-20-18(22-13-7-4-8-14-22)19-12-11-16-9-5-3-6-10-16;/h3,5-6,9-10H,4,7-8,11-15H2,1-2H3,(H,19,20);1H. The molecule has 0 aromatic heterocycles. The molecule has 0 saturated carbocycles. The van der Waals surface area contributed by atoms with Crippen LogP contribution in [0.15, 0.2) is 35.3 Å². The Balaban J connectivity index is 0.00000288. The summed E-state index contributed by atoms with van der Waals surface area (Å²) in [4.78, 5) is 20.2. The molecule has 0 unspecified atom stereocenters. The Labute approximate surface area is 162 Å². The first-order valence-corrected chi connectivity index (χ1v) is 8.44. The highest BCUT2D eigenvalue weighted by atomic mass is 127. The van der Waals surface area contributed by atoms with Crippen molar-refractivity contribution in [1.82, 2.24) is 15.1 Å². The average Bonchev–Trinajstić information content (AvgIpc) is 2.59. The molecule has 0 bridgehead atoms. The number of carbonyl (C=O) groups is 1. The van der Waals surface area contributed by atoms with Crippen LogP contribution in [-0.2, 0) is 11.2 Å². The van der Waals surface area contributed by atoms with Crippen molar-refractivity contribution in [3.63, 3.8) is 0 Å². The Bertz CT molecular complexity index is 513. The number of guanidine groups is 1. The Morgan fingerprint density at radius 2 is 1.83 bits per heavy atom. The largest absolute Gasteiger partial charge is 0.356 e. The summed E-state index contributed by atoms with van der Waals surface area (Å²) in [6.45, 7) is 3.08. The van der Waals surface area contributed by atoms with Crippen LogP contribution in [0.5, 0.6) is 0 Å². The van der Waals surface area contributed by atoms with Gasteiger partial charge in [-0.1, -0.05) is 30.3 Å². The normalized spacial score (nSPS) is 14.8. The molecule has 1 aromatic rings. The maximum atomic E-state index is 11.8. The van der Waals surface area contributed by atoms with E-state index < -0.39 is 0 Å². The van der Waals surface area contributed by atoms with Crippen LogP contribution in [0.4, 0.5) is 0 Å². The summed E-state index contributed by atoms with van der Waals surface area (Å²) in [5, 5.41) is 3.44. The van der Waals surface area contributed by atoms with Crippen LogP contribution in [0.3, 0.4) is 0 Å². The van der Waals surface area contributed by atoms with Crippen LogP contribution in [-0.4, -0.2) is 61.9 Å². The molecule has 1 aliphatic rings. The monoisotopic (exact) mass is 444 g/mol. The summed E-state index contributed by atoms with van der Waals surface area (Å²) in [7, 11) is 3.53. The van der Waals surface area contributed by atoms with E-state index in [4.69, 9.17) is 0 Å². The second-order valence-electron chi connectivity index (χ2n) is 6.14. The molecule has 0 spiro atoms. The molecule has 1 aromatic carbocycles. The van der Waals surface area contributed by atoms with Crippen molar-refractivity contribution in [2.24, 2.45) is 4.99 Å². The Morgan fingerprint density at radius 1 is 1.17 bits per heavy atom. The zero-order valence-electron chi connectivity index (χ0n) is 14.7. The van der Waals surface area contributed by atoms with E-state index in [0.29, 0.717) is 0 Å². The highest BCUT2D eigenvalue weighted by molar-refractivity contribution is 14.0. The lowest BCUT2D eigenvalue weighted by Crippen LogP contribution is -2.45. The van der Waals surface area contributed by atoms with Crippen LogP contribution in [0, 0.1) is 0 Å². The number of likely N-dealkylation sites (N-methyl/N-ethyl adjacent to an activating group) is 1. The third-order valence-corrected chi connectivity index (χ3v) is 4.06. The summed E-state index contributed by atoms with van der Waals surface area (Å²) in [6, 6.07) is 10.4. The number of carbonyl (C=O) groups excluding carboxylic acids is 1. The molecule has 24 heavy (non-hydrogen) atoms. The van der Waals surface area contributed by atoms with Crippen molar-refractivity contribution in [1.29, 1.82) is 0 Å². The molecule has 1 fully saturated rings. The third kappa shape index (κ3) is 7.07. The smallest absolute Gasteiger partial charge is 0.243 e. The minimum atomic E-state index is 0. The fourth-order valence-electron chi connectivity index (χ4n) is 2.62. The lowest BCUT2D eigenvalue weighted by molar-refractivity contribution is -0.127. The van der Waals surface area contributed by atoms with Gasteiger partial charge in [0.05, 0.1) is 0 Å². The minimum absolute atomic E-state index is 0. The number of likely N-dealkylation sites (tertiary alicyclic amines) is 1. The van der Waals surface area contributed by atoms with Gasteiger partial charge in [0.25, 0.3) is 0 Å². The third-order valence-electron chi connectivity index (χ3n) is 4.06. The second kappa shape index (κ2) is 11.3. The van der Waals surface area contributed by atoms with Gasteiger partial charge in [-0.2, -0.15) is 0 Å². The van der Waals surface area contributed by atoms with Gasteiger partial charge in [-0.15, -0.1) is 24.0 Å². The molecular weight excluding hydrogens is 415 g/mol. The van der Waals surface area contributed by atoms with Gasteiger partial charge in [0, 0.05) is 33.7 Å². The molecule has 0 atom stereocenters. The fourth-order valence-corrected chi connectivity index (χ4v) is 2.62. The Kier molecular flexibility index (Phi) is 9.75. The average molecular weight is 444 g/mol. The number of nitrogens with zero attached hydrogens (tertiary/aromatic N) is 3. The number of hydrogen-bond acceptors (Lipinski definition) is 2. The van der Waals surface area contributed by atoms with E-state index in [1.54, 1.807) is 19.0 Å². The maximum absolute atomic E-state index is 11.8. The van der Waals surface area contributed by atoms with E-state index in [2.05, 4.69) is 39.5 Å². The van der Waals surface area contributed by atoms with Crippen LogP contribution >= 0.6 is 24.0 Å². The highest BCUT2D eigenvalue weighted by Crippen LogP contribution is 2.09. The molecule has 1 heterocycles. The number of benzene rings is 1. The first-order chi connectivity index (χ1) is 11.2. The summed E-state index contributed by atoms with van der Waals surface area (Å²) < 4.78 is 0. The van der Waals surface area contributed by atoms with Gasteiger partial charge in [-0.05, 0) is 31.2 Å². The summed E-state index contributed by atoms with van der Waals surface area (Å²) in [5.41, 5.74) is 1.31. The van der Waals surface area contributed by atoms with Crippen molar-refractivity contribution in [2.75, 3.05) is 40.3 Å². The van der Waals surface area contributed by atoms with Gasteiger partial charge in [-0.3, -0.25) is 4.79 Å². The van der Waals surface area contributed by atoms with Crippen molar-refractivity contribution >= 4 is 35.8 Å². The number of hydrogen-bond donors (Lipinski definition) is 1. The van der Waals surface area contributed by atoms with E-state index in [0.717, 1.165) is 32.0 Å².